The molecule has 0 spiro atoms. The van der Waals surface area contributed by atoms with E-state index in [1.54, 1.807) is 6.08 Å². The Morgan fingerprint density at radius 3 is 1.62 bits per heavy atom. The van der Waals surface area contributed by atoms with Gasteiger partial charge in [-0.05, 0) is 13.8 Å². The van der Waals surface area contributed by atoms with Gasteiger partial charge in [0.25, 0.3) is 0 Å². The second-order valence-corrected chi connectivity index (χ2v) is 3.22. The minimum absolute atomic E-state index is 0. The predicted octanol–water partition coefficient (Wildman–Crippen LogP) is 6.55. The lowest BCUT2D eigenvalue weighted by atomic mass is 10.3. The minimum atomic E-state index is 0. The summed E-state index contributed by atoms with van der Waals surface area (Å²) in [7, 11) is 0. The summed E-state index contributed by atoms with van der Waals surface area (Å²) >= 11 is 0. The van der Waals surface area contributed by atoms with Crippen LogP contribution in [0.25, 0.3) is 0 Å². The van der Waals surface area contributed by atoms with Crippen molar-refractivity contribution in [3.05, 3.63) is 36.5 Å². The van der Waals surface area contributed by atoms with Gasteiger partial charge in [-0.3, -0.25) is 0 Å². The summed E-state index contributed by atoms with van der Waals surface area (Å²) in [6.07, 6.45) is 11.8. The number of rotatable bonds is 4. The first kappa shape index (κ1) is 24.4. The van der Waals surface area contributed by atoms with Crippen molar-refractivity contribution in [1.29, 1.82) is 0 Å². The summed E-state index contributed by atoms with van der Waals surface area (Å²) in [6, 6.07) is 0. The third-order valence-electron chi connectivity index (χ3n) is 1.38. The first-order valence-electron chi connectivity index (χ1n) is 6.11. The highest BCUT2D eigenvalue weighted by Crippen LogP contribution is 1.88. The van der Waals surface area contributed by atoms with Crippen molar-refractivity contribution < 1.29 is 0 Å². The maximum Gasteiger partial charge on any atom is -0.0439 e. The molecule has 0 unspecified atom stereocenters. The molecule has 0 aromatic carbocycles. The van der Waals surface area contributed by atoms with E-state index in [1.165, 1.54) is 24.8 Å². The Morgan fingerprint density at radius 2 is 1.44 bits per heavy atom. The van der Waals surface area contributed by atoms with Crippen LogP contribution in [-0.2, 0) is 0 Å². The topological polar surface area (TPSA) is 0 Å². The van der Waals surface area contributed by atoms with Gasteiger partial charge in [0.15, 0.2) is 0 Å². The summed E-state index contributed by atoms with van der Waals surface area (Å²) in [5.41, 5.74) is 1.31. The van der Waals surface area contributed by atoms with Crippen LogP contribution in [0, 0.1) is 0 Å². The molecule has 0 bridgehead atoms. The average Bonchev–Trinajstić information content (AvgIpc) is 2.23. The Labute approximate surface area is 105 Å². The third-order valence-corrected chi connectivity index (χ3v) is 1.38. The van der Waals surface area contributed by atoms with Crippen LogP contribution in [-0.4, -0.2) is 0 Å². The van der Waals surface area contributed by atoms with E-state index in [2.05, 4.69) is 34.3 Å². The average molecular weight is 226 g/mol. The number of unbranched alkanes of at least 4 members (excludes halogenated alkanes) is 2. The molecular weight excluding hydrogens is 192 g/mol. The lowest BCUT2D eigenvalue weighted by molar-refractivity contribution is 0.772. The smallest absolute Gasteiger partial charge is 0.0439 e. The Bertz CT molecular complexity index is 143. The molecule has 0 heterocycles. The lowest BCUT2D eigenvalue weighted by Gasteiger charge is -1.79. The van der Waals surface area contributed by atoms with E-state index in [0.717, 1.165) is 0 Å². The van der Waals surface area contributed by atoms with Crippen molar-refractivity contribution >= 4 is 0 Å². The van der Waals surface area contributed by atoms with Crippen LogP contribution in [0.2, 0.25) is 0 Å². The maximum absolute atomic E-state index is 3.54. The van der Waals surface area contributed by atoms with Gasteiger partial charge in [0.05, 0.1) is 0 Å². The molecule has 0 aromatic rings. The molecule has 0 saturated carbocycles. The van der Waals surface area contributed by atoms with E-state index in [9.17, 15) is 0 Å². The highest BCUT2D eigenvalue weighted by atomic mass is 13.7. The van der Waals surface area contributed by atoms with Crippen molar-refractivity contribution in [2.75, 3.05) is 0 Å². The van der Waals surface area contributed by atoms with Crippen molar-refractivity contribution in [2.24, 2.45) is 0 Å². The predicted molar refractivity (Wildman–Crippen MR) is 82.0 cm³/mol. The van der Waals surface area contributed by atoms with Gasteiger partial charge in [-0.1, -0.05) is 90.8 Å². The second-order valence-electron chi connectivity index (χ2n) is 3.22. The van der Waals surface area contributed by atoms with Crippen molar-refractivity contribution in [3.63, 3.8) is 0 Å². The van der Waals surface area contributed by atoms with E-state index in [1.807, 2.05) is 32.1 Å². The normalized spacial score (nSPS) is 7.62. The highest BCUT2D eigenvalue weighted by molar-refractivity contribution is 5.12. The van der Waals surface area contributed by atoms with Gasteiger partial charge in [0.1, 0.15) is 0 Å². The van der Waals surface area contributed by atoms with Crippen LogP contribution >= 0.6 is 0 Å². The molecular formula is C16H34. The fourth-order valence-electron chi connectivity index (χ4n) is 0.680. The summed E-state index contributed by atoms with van der Waals surface area (Å²) in [5.74, 6) is 0. The monoisotopic (exact) mass is 226 g/mol. The van der Waals surface area contributed by atoms with Gasteiger partial charge < -0.3 is 0 Å². The molecule has 0 saturated heterocycles. The molecule has 0 nitrogen and oxygen atoms in total. The zero-order chi connectivity index (χ0) is 12.5. The number of allylic oxidation sites excluding steroid dienone is 5. The quantitative estimate of drug-likeness (QED) is 0.477. The lowest BCUT2D eigenvalue weighted by Crippen LogP contribution is -1.59. The summed E-state index contributed by atoms with van der Waals surface area (Å²) in [4.78, 5) is 0. The number of hydrogen-bond donors (Lipinski definition) is 0. The van der Waals surface area contributed by atoms with E-state index in [4.69, 9.17) is 0 Å². The molecule has 0 aliphatic heterocycles. The van der Waals surface area contributed by atoms with Gasteiger partial charge in [-0.15, -0.1) is 0 Å². The van der Waals surface area contributed by atoms with Crippen LogP contribution < -0.4 is 0 Å². The third kappa shape index (κ3) is 51.0. The van der Waals surface area contributed by atoms with Gasteiger partial charge >= 0.3 is 0 Å². The van der Waals surface area contributed by atoms with Crippen molar-refractivity contribution in [3.8, 4) is 0 Å². The van der Waals surface area contributed by atoms with E-state index >= 15 is 0 Å². The Kier molecular flexibility index (Phi) is 44.7. The Balaban J connectivity index is -0.0000000786. The van der Waals surface area contributed by atoms with Crippen LogP contribution in [0.5, 0.6) is 0 Å². The molecule has 0 rings (SSSR count). The molecule has 16 heavy (non-hydrogen) atoms. The first-order chi connectivity index (χ1) is 7.18. The molecule has 0 radical (unpaired) electrons. The molecule has 0 aliphatic rings. The fourth-order valence-corrected chi connectivity index (χ4v) is 0.680. The van der Waals surface area contributed by atoms with Gasteiger partial charge in [-0.2, -0.15) is 0 Å². The molecule has 0 fully saturated rings. The van der Waals surface area contributed by atoms with Gasteiger partial charge in [0.2, 0.25) is 0 Å². The van der Waals surface area contributed by atoms with E-state index in [-0.39, 0.29) is 7.43 Å². The van der Waals surface area contributed by atoms with Crippen LogP contribution in [0.4, 0.5) is 0 Å². The molecule has 0 aliphatic carbocycles. The first-order valence-corrected chi connectivity index (χ1v) is 6.11. The van der Waals surface area contributed by atoms with Gasteiger partial charge in [0, 0.05) is 0 Å². The summed E-state index contributed by atoms with van der Waals surface area (Å²) < 4.78 is 0. The molecule has 0 heteroatoms. The summed E-state index contributed by atoms with van der Waals surface area (Å²) in [5, 5.41) is 0. The Hall–Kier alpha value is -0.780. The van der Waals surface area contributed by atoms with Crippen molar-refractivity contribution in [2.45, 2.75) is 68.2 Å². The minimum Gasteiger partial charge on any atom is -0.0991 e. The Morgan fingerprint density at radius 1 is 1.00 bits per heavy atom. The zero-order valence-electron chi connectivity index (χ0n) is 11.6. The fraction of sp³-hybridized carbons (Fsp3) is 0.625. The molecule has 98 valence electrons. The molecule has 0 N–H and O–H groups in total. The van der Waals surface area contributed by atoms with Gasteiger partial charge in [-0.25, -0.2) is 0 Å². The SMILES string of the molecule is C.C=C/C=C\C=C(C)C.CC.CCCCC. The van der Waals surface area contributed by atoms with Crippen LogP contribution in [0.1, 0.15) is 68.2 Å². The molecule has 0 amide bonds. The largest absolute Gasteiger partial charge is 0.0991 e. The summed E-state index contributed by atoms with van der Waals surface area (Å²) in [6.45, 7) is 16.1. The maximum atomic E-state index is 3.54. The molecule has 0 aromatic heterocycles. The van der Waals surface area contributed by atoms with E-state index in [0.29, 0.717) is 0 Å². The van der Waals surface area contributed by atoms with Crippen LogP contribution in [0.15, 0.2) is 36.5 Å². The van der Waals surface area contributed by atoms with E-state index < -0.39 is 0 Å². The standard InChI is InChI=1S/C8H12.C5H12.C2H6.CH4/c1-4-5-6-7-8(2)3;1-3-5-4-2;1-2;/h4-7H,1H2,2-3H3;3-5H2,1-2H3;1-2H3;1H4/b6-5-;;;. The zero-order valence-corrected chi connectivity index (χ0v) is 11.6. The molecule has 0 atom stereocenters. The van der Waals surface area contributed by atoms with Crippen molar-refractivity contribution in [1.82, 2.24) is 0 Å². The number of hydrogen-bond acceptors (Lipinski definition) is 0. The van der Waals surface area contributed by atoms with Crippen LogP contribution in [0.3, 0.4) is 0 Å². The second kappa shape index (κ2) is 29.2. The highest BCUT2D eigenvalue weighted by Gasteiger charge is 1.68.